The minimum absolute atomic E-state index is 0.0188. The predicted octanol–water partition coefficient (Wildman–Crippen LogP) is 3.12. The summed E-state index contributed by atoms with van der Waals surface area (Å²) in [6.07, 6.45) is -1.13. The molecule has 30 heavy (non-hydrogen) atoms. The van der Waals surface area contributed by atoms with Crippen molar-refractivity contribution in [1.82, 2.24) is 29.5 Å². The number of pyridine rings is 1. The van der Waals surface area contributed by atoms with Crippen molar-refractivity contribution in [2.75, 3.05) is 6.54 Å². The molecule has 154 valence electrons. The van der Waals surface area contributed by atoms with Gasteiger partial charge in [-0.3, -0.25) is 9.20 Å². The molecule has 10 heteroatoms. The summed E-state index contributed by atoms with van der Waals surface area (Å²) in [7, 11) is 1.87. The van der Waals surface area contributed by atoms with Crippen LogP contribution in [0, 0.1) is 0 Å². The summed E-state index contributed by atoms with van der Waals surface area (Å²) in [6, 6.07) is 12.5. The molecule has 0 fully saturated rings. The number of rotatable bonds is 5. The van der Waals surface area contributed by atoms with E-state index in [2.05, 4.69) is 20.5 Å². The number of aryl methyl sites for hydroxylation is 1. The minimum atomic E-state index is -4.66. The monoisotopic (exact) mass is 414 g/mol. The summed E-state index contributed by atoms with van der Waals surface area (Å²) in [6.45, 7) is 0.263. The van der Waals surface area contributed by atoms with Crippen molar-refractivity contribution in [1.29, 1.82) is 0 Å². The zero-order valence-electron chi connectivity index (χ0n) is 15.9. The van der Waals surface area contributed by atoms with Crippen LogP contribution in [-0.2, 0) is 19.6 Å². The molecule has 0 aliphatic rings. The standard InChI is InChI=1S/C20H17F3N6O/c1-28-12-15(13-6-3-2-4-7-13)25-16(28)9-10-24-18(30)14-8-5-11-29-17(14)26-27-19(29)20(21,22)23/h2-8,11-12H,9-10H2,1H3,(H,24,30). The molecule has 0 bridgehead atoms. The van der Waals surface area contributed by atoms with Gasteiger partial charge < -0.3 is 9.88 Å². The number of carbonyl (C=O) groups excluding carboxylic acids is 1. The Balaban J connectivity index is 1.46. The fourth-order valence-electron chi connectivity index (χ4n) is 3.15. The summed E-state index contributed by atoms with van der Waals surface area (Å²) in [5.41, 5.74) is 1.69. The van der Waals surface area contributed by atoms with E-state index in [9.17, 15) is 18.0 Å². The van der Waals surface area contributed by atoms with Gasteiger partial charge in [0.1, 0.15) is 5.82 Å². The topological polar surface area (TPSA) is 77.1 Å². The lowest BCUT2D eigenvalue weighted by Crippen LogP contribution is -2.27. The fraction of sp³-hybridized carbons (Fsp3) is 0.200. The lowest BCUT2D eigenvalue weighted by molar-refractivity contribution is -0.145. The molecule has 3 aromatic heterocycles. The lowest BCUT2D eigenvalue weighted by atomic mass is 10.2. The van der Waals surface area contributed by atoms with Crippen molar-refractivity contribution in [3.8, 4) is 11.3 Å². The lowest BCUT2D eigenvalue weighted by Gasteiger charge is -2.07. The molecular formula is C20H17F3N6O. The predicted molar refractivity (Wildman–Crippen MR) is 103 cm³/mol. The summed E-state index contributed by atoms with van der Waals surface area (Å²) in [4.78, 5) is 17.1. The van der Waals surface area contributed by atoms with Crippen molar-refractivity contribution in [2.24, 2.45) is 7.05 Å². The summed E-state index contributed by atoms with van der Waals surface area (Å²) in [5.74, 6) is -0.929. The van der Waals surface area contributed by atoms with Crippen LogP contribution in [0.5, 0.6) is 0 Å². The van der Waals surface area contributed by atoms with E-state index in [1.807, 2.05) is 48.1 Å². The van der Waals surface area contributed by atoms with Crippen molar-refractivity contribution in [2.45, 2.75) is 12.6 Å². The number of hydrogen-bond acceptors (Lipinski definition) is 4. The van der Waals surface area contributed by atoms with Crippen LogP contribution in [0.4, 0.5) is 13.2 Å². The Labute approximate surface area is 169 Å². The molecule has 0 aliphatic carbocycles. The maximum atomic E-state index is 13.0. The van der Waals surface area contributed by atoms with Gasteiger partial charge in [-0.25, -0.2) is 4.98 Å². The number of aromatic nitrogens is 5. The van der Waals surface area contributed by atoms with Gasteiger partial charge >= 0.3 is 6.18 Å². The normalized spacial score (nSPS) is 11.7. The van der Waals surface area contributed by atoms with E-state index in [0.717, 1.165) is 21.5 Å². The van der Waals surface area contributed by atoms with E-state index in [1.165, 1.54) is 18.3 Å². The molecule has 1 amide bonds. The number of halogens is 3. The quantitative estimate of drug-likeness (QED) is 0.544. The van der Waals surface area contributed by atoms with Crippen LogP contribution in [0.15, 0.2) is 54.9 Å². The van der Waals surface area contributed by atoms with Gasteiger partial charge in [0.05, 0.1) is 11.3 Å². The molecule has 3 heterocycles. The molecule has 0 unspecified atom stereocenters. The highest BCUT2D eigenvalue weighted by Crippen LogP contribution is 2.28. The number of nitrogens with zero attached hydrogens (tertiary/aromatic N) is 5. The Kier molecular flexibility index (Phi) is 4.98. The van der Waals surface area contributed by atoms with Crippen molar-refractivity contribution in [3.63, 3.8) is 0 Å². The van der Waals surface area contributed by atoms with Crippen LogP contribution >= 0.6 is 0 Å². The zero-order chi connectivity index (χ0) is 21.3. The van der Waals surface area contributed by atoms with Crippen LogP contribution < -0.4 is 5.32 Å². The molecule has 0 atom stereocenters. The molecule has 1 N–H and O–H groups in total. The number of fused-ring (bicyclic) bond motifs is 1. The van der Waals surface area contributed by atoms with Crippen molar-refractivity contribution >= 4 is 11.6 Å². The maximum absolute atomic E-state index is 13.0. The van der Waals surface area contributed by atoms with E-state index in [1.54, 1.807) is 0 Å². The molecule has 0 radical (unpaired) electrons. The molecule has 4 rings (SSSR count). The first-order valence-corrected chi connectivity index (χ1v) is 9.11. The third kappa shape index (κ3) is 3.76. The minimum Gasteiger partial charge on any atom is -0.351 e. The first-order valence-electron chi connectivity index (χ1n) is 9.11. The van der Waals surface area contributed by atoms with E-state index in [0.29, 0.717) is 6.42 Å². The third-order valence-electron chi connectivity index (χ3n) is 4.61. The first kappa shape index (κ1) is 19.6. The average Bonchev–Trinajstić information content (AvgIpc) is 3.32. The maximum Gasteiger partial charge on any atom is 0.452 e. The summed E-state index contributed by atoms with van der Waals surface area (Å²) >= 11 is 0. The number of amides is 1. The van der Waals surface area contributed by atoms with Gasteiger partial charge in [-0.2, -0.15) is 13.2 Å². The number of benzene rings is 1. The molecule has 0 saturated heterocycles. The number of nitrogens with one attached hydrogen (secondary N) is 1. The smallest absolute Gasteiger partial charge is 0.351 e. The van der Waals surface area contributed by atoms with Crippen LogP contribution in [0.2, 0.25) is 0 Å². The Bertz CT molecular complexity index is 1200. The third-order valence-corrected chi connectivity index (χ3v) is 4.61. The van der Waals surface area contributed by atoms with Gasteiger partial charge in [0.2, 0.25) is 5.82 Å². The van der Waals surface area contributed by atoms with Gasteiger partial charge in [0.25, 0.3) is 5.91 Å². The Morgan fingerprint density at radius 3 is 2.60 bits per heavy atom. The van der Waals surface area contributed by atoms with Gasteiger partial charge in [-0.15, -0.1) is 10.2 Å². The number of alkyl halides is 3. The van der Waals surface area contributed by atoms with Gasteiger partial charge in [0, 0.05) is 38.0 Å². The first-order chi connectivity index (χ1) is 14.3. The van der Waals surface area contributed by atoms with E-state index < -0.39 is 17.9 Å². The average molecular weight is 414 g/mol. The molecular weight excluding hydrogens is 397 g/mol. The van der Waals surface area contributed by atoms with Gasteiger partial charge in [-0.05, 0) is 12.1 Å². The highest BCUT2D eigenvalue weighted by molar-refractivity contribution is 5.99. The molecule has 4 aromatic rings. The second kappa shape index (κ2) is 7.62. The van der Waals surface area contributed by atoms with E-state index in [4.69, 9.17) is 0 Å². The second-order valence-electron chi connectivity index (χ2n) is 6.66. The highest BCUT2D eigenvalue weighted by Gasteiger charge is 2.37. The Morgan fingerprint density at radius 1 is 1.10 bits per heavy atom. The number of imidazole rings is 1. The molecule has 1 aromatic carbocycles. The SMILES string of the molecule is Cn1cc(-c2ccccc2)nc1CCNC(=O)c1cccn2c(C(F)(F)F)nnc12. The second-order valence-corrected chi connectivity index (χ2v) is 6.66. The van der Waals surface area contributed by atoms with Crippen LogP contribution in [-0.4, -0.2) is 36.6 Å². The summed E-state index contributed by atoms with van der Waals surface area (Å²) < 4.78 is 41.7. The van der Waals surface area contributed by atoms with E-state index in [-0.39, 0.29) is 17.8 Å². The number of hydrogen-bond donors (Lipinski definition) is 1. The molecule has 0 spiro atoms. The summed E-state index contributed by atoms with van der Waals surface area (Å²) in [5, 5.41) is 9.42. The van der Waals surface area contributed by atoms with Crippen molar-refractivity contribution < 1.29 is 18.0 Å². The van der Waals surface area contributed by atoms with E-state index >= 15 is 0 Å². The van der Waals surface area contributed by atoms with Gasteiger partial charge in [0.15, 0.2) is 5.65 Å². The molecule has 0 saturated carbocycles. The molecule has 7 nitrogen and oxygen atoms in total. The number of carbonyl (C=O) groups is 1. The molecule has 0 aliphatic heterocycles. The van der Waals surface area contributed by atoms with Crippen LogP contribution in [0.25, 0.3) is 16.9 Å². The Morgan fingerprint density at radius 2 is 1.87 bits per heavy atom. The fourth-order valence-corrected chi connectivity index (χ4v) is 3.15. The highest BCUT2D eigenvalue weighted by atomic mass is 19.4. The Hall–Kier alpha value is -3.69. The van der Waals surface area contributed by atoms with Gasteiger partial charge in [-0.1, -0.05) is 30.3 Å². The zero-order valence-corrected chi connectivity index (χ0v) is 15.9. The van der Waals surface area contributed by atoms with Crippen LogP contribution in [0.1, 0.15) is 22.0 Å². The van der Waals surface area contributed by atoms with Crippen LogP contribution in [0.3, 0.4) is 0 Å². The largest absolute Gasteiger partial charge is 0.452 e. The van der Waals surface area contributed by atoms with Crippen molar-refractivity contribution in [3.05, 3.63) is 72.1 Å².